The number of imidazole rings is 1. The van der Waals surface area contributed by atoms with Gasteiger partial charge in [-0.3, -0.25) is 5.41 Å². The fourth-order valence-electron chi connectivity index (χ4n) is 4.28. The summed E-state index contributed by atoms with van der Waals surface area (Å²) in [6.07, 6.45) is 3.75. The number of nitrogens with zero attached hydrogens (tertiary/aromatic N) is 3. The molecule has 0 saturated carbocycles. The fraction of sp³-hybridized carbons (Fsp3) is 0.304. The largest absolute Gasteiger partial charge is 0.509 e. The van der Waals surface area contributed by atoms with E-state index in [0.717, 1.165) is 35.6 Å². The van der Waals surface area contributed by atoms with Crippen molar-refractivity contribution in [1.82, 2.24) is 9.97 Å². The Labute approximate surface area is 175 Å². The van der Waals surface area contributed by atoms with E-state index in [1.54, 1.807) is 12.0 Å². The first-order chi connectivity index (χ1) is 14.6. The monoisotopic (exact) mass is 403 g/mol. The van der Waals surface area contributed by atoms with Crippen LogP contribution < -0.4 is 14.5 Å². The van der Waals surface area contributed by atoms with Crippen molar-refractivity contribution in [2.45, 2.75) is 19.3 Å². The zero-order chi connectivity index (χ0) is 20.7. The van der Waals surface area contributed by atoms with Crippen molar-refractivity contribution in [1.29, 1.82) is 5.41 Å². The van der Waals surface area contributed by atoms with E-state index in [9.17, 15) is 5.11 Å². The van der Waals surface area contributed by atoms with Crippen LogP contribution in [0.2, 0.25) is 0 Å². The van der Waals surface area contributed by atoms with Crippen LogP contribution in [0.4, 0.5) is 11.4 Å². The number of methoxy groups -OCH3 is 1. The number of anilines is 2. The Hall–Kier alpha value is -3.48. The van der Waals surface area contributed by atoms with E-state index in [4.69, 9.17) is 10.1 Å². The number of hydrogen-bond donors (Lipinski definition) is 3. The number of amidine groups is 1. The average molecular weight is 403 g/mol. The van der Waals surface area contributed by atoms with Crippen LogP contribution in [0.5, 0.6) is 5.75 Å². The molecule has 1 saturated heterocycles. The smallest absolute Gasteiger partial charge is 0.145 e. The van der Waals surface area contributed by atoms with Crippen LogP contribution in [0.3, 0.4) is 0 Å². The number of ether oxygens (including phenoxy) is 1. The summed E-state index contributed by atoms with van der Waals surface area (Å²) < 4.78 is 5.21. The quantitative estimate of drug-likeness (QED) is 0.603. The second-order valence-electron chi connectivity index (χ2n) is 7.79. The van der Waals surface area contributed by atoms with Gasteiger partial charge >= 0.3 is 0 Å². The Balaban J connectivity index is 1.43. The molecule has 0 unspecified atom stereocenters. The molecular formula is C23H25N5O2. The maximum Gasteiger partial charge on any atom is 0.145 e. The maximum atomic E-state index is 10.6. The van der Waals surface area contributed by atoms with Crippen molar-refractivity contribution < 1.29 is 9.84 Å². The number of H-pyrrole nitrogens is 1. The molecule has 30 heavy (non-hydrogen) atoms. The van der Waals surface area contributed by atoms with Gasteiger partial charge in [0.2, 0.25) is 0 Å². The summed E-state index contributed by atoms with van der Waals surface area (Å²) in [6, 6.07) is 13.7. The Morgan fingerprint density at radius 3 is 2.50 bits per heavy atom. The highest BCUT2D eigenvalue weighted by atomic mass is 16.5. The Bertz CT molecular complexity index is 1130. The predicted molar refractivity (Wildman–Crippen MR) is 120 cm³/mol. The van der Waals surface area contributed by atoms with E-state index >= 15 is 0 Å². The van der Waals surface area contributed by atoms with Crippen LogP contribution in [-0.2, 0) is 0 Å². The van der Waals surface area contributed by atoms with E-state index in [1.165, 1.54) is 24.9 Å². The van der Waals surface area contributed by atoms with Crippen LogP contribution in [0.25, 0.3) is 16.6 Å². The summed E-state index contributed by atoms with van der Waals surface area (Å²) in [5.74, 6) is 1.65. The highest BCUT2D eigenvalue weighted by Crippen LogP contribution is 2.32. The van der Waals surface area contributed by atoms with Gasteiger partial charge in [-0.2, -0.15) is 0 Å². The molecule has 3 aromatic rings. The molecule has 0 spiro atoms. The van der Waals surface area contributed by atoms with E-state index in [2.05, 4.69) is 27.0 Å². The molecule has 2 aromatic carbocycles. The van der Waals surface area contributed by atoms with Crippen molar-refractivity contribution in [2.75, 3.05) is 36.5 Å². The topological polar surface area (TPSA) is 88.5 Å². The Kier molecular flexibility index (Phi) is 4.58. The van der Waals surface area contributed by atoms with Crippen LogP contribution in [-0.4, -0.2) is 47.7 Å². The molecule has 2 aliphatic heterocycles. The van der Waals surface area contributed by atoms with Crippen molar-refractivity contribution in [2.24, 2.45) is 0 Å². The molecule has 154 valence electrons. The lowest BCUT2D eigenvalue weighted by Gasteiger charge is -2.28. The lowest BCUT2D eigenvalue weighted by atomic mass is 10.1. The molecule has 3 N–H and O–H groups in total. The summed E-state index contributed by atoms with van der Waals surface area (Å²) in [4.78, 5) is 12.1. The van der Waals surface area contributed by atoms with Crippen molar-refractivity contribution in [3.63, 3.8) is 0 Å². The van der Waals surface area contributed by atoms with E-state index < -0.39 is 0 Å². The minimum Gasteiger partial charge on any atom is -0.509 e. The number of aliphatic hydroxyl groups is 1. The number of aromatic nitrogens is 2. The summed E-state index contributed by atoms with van der Waals surface area (Å²) in [5.41, 5.74) is 4.22. The third-order valence-corrected chi connectivity index (χ3v) is 5.91. The van der Waals surface area contributed by atoms with Gasteiger partial charge in [-0.1, -0.05) is 0 Å². The zero-order valence-electron chi connectivity index (χ0n) is 17.0. The van der Waals surface area contributed by atoms with Gasteiger partial charge in [-0.05, 0) is 61.7 Å². The lowest BCUT2D eigenvalue weighted by Crippen LogP contribution is -2.29. The zero-order valence-corrected chi connectivity index (χ0v) is 17.0. The summed E-state index contributed by atoms with van der Waals surface area (Å²) >= 11 is 0. The van der Waals surface area contributed by atoms with Crippen LogP contribution in [0.1, 0.15) is 25.1 Å². The van der Waals surface area contributed by atoms with Crippen molar-refractivity contribution in [3.05, 3.63) is 54.0 Å². The van der Waals surface area contributed by atoms with Crippen molar-refractivity contribution in [3.8, 4) is 5.75 Å². The van der Waals surface area contributed by atoms with Crippen molar-refractivity contribution >= 4 is 33.8 Å². The number of nitrogens with one attached hydrogen (secondary N) is 2. The molecule has 0 amide bonds. The average Bonchev–Trinajstić information content (AvgIpc) is 3.33. The maximum absolute atomic E-state index is 10.6. The first kappa shape index (κ1) is 18.5. The first-order valence-corrected chi connectivity index (χ1v) is 10.3. The van der Waals surface area contributed by atoms with Gasteiger partial charge in [0.05, 0.1) is 30.3 Å². The predicted octanol–water partition coefficient (Wildman–Crippen LogP) is 4.33. The summed E-state index contributed by atoms with van der Waals surface area (Å²) in [5, 5.41) is 19.3. The number of fused-ring (bicyclic) bond motifs is 1. The number of aliphatic hydroxyl groups excluding tert-OH is 1. The number of benzene rings is 2. The van der Waals surface area contributed by atoms with Gasteiger partial charge < -0.3 is 24.6 Å². The molecule has 0 aliphatic carbocycles. The number of hydrogen-bond acceptors (Lipinski definition) is 5. The molecule has 7 heteroatoms. The molecule has 0 radical (unpaired) electrons. The second kappa shape index (κ2) is 7.40. The lowest BCUT2D eigenvalue weighted by molar-refractivity contribution is 0.411. The van der Waals surface area contributed by atoms with Gasteiger partial charge in [-0.25, -0.2) is 4.98 Å². The Morgan fingerprint density at radius 2 is 1.77 bits per heavy atom. The van der Waals surface area contributed by atoms with E-state index in [-0.39, 0.29) is 18.1 Å². The highest BCUT2D eigenvalue weighted by Gasteiger charge is 2.31. The molecule has 1 aromatic heterocycles. The Morgan fingerprint density at radius 1 is 1.03 bits per heavy atom. The molecule has 1 fully saturated rings. The third kappa shape index (κ3) is 3.16. The minimum absolute atomic E-state index is 0.145. The summed E-state index contributed by atoms with van der Waals surface area (Å²) in [7, 11) is 1.62. The van der Waals surface area contributed by atoms with Gasteiger partial charge in [0.25, 0.3) is 0 Å². The fourth-order valence-corrected chi connectivity index (χ4v) is 4.28. The minimum atomic E-state index is 0.145. The second-order valence-corrected chi connectivity index (χ2v) is 7.79. The highest BCUT2D eigenvalue weighted by molar-refractivity contribution is 6.30. The van der Waals surface area contributed by atoms with Gasteiger partial charge in [0.15, 0.2) is 0 Å². The molecule has 0 bridgehead atoms. The number of rotatable bonds is 4. The molecule has 2 aliphatic rings. The number of aromatic amines is 1. The van der Waals surface area contributed by atoms with Crippen LogP contribution >= 0.6 is 0 Å². The molecule has 5 rings (SSSR count). The molecule has 3 heterocycles. The first-order valence-electron chi connectivity index (χ1n) is 10.3. The van der Waals surface area contributed by atoms with Gasteiger partial charge in [0, 0.05) is 24.5 Å². The summed E-state index contributed by atoms with van der Waals surface area (Å²) in [6.45, 7) is 2.41. The van der Waals surface area contributed by atoms with Crippen LogP contribution in [0.15, 0.2) is 48.2 Å². The molecular weight excluding hydrogens is 378 g/mol. The van der Waals surface area contributed by atoms with E-state index in [1.807, 2.05) is 30.3 Å². The normalized spacial score (nSPS) is 17.3. The van der Waals surface area contributed by atoms with Gasteiger partial charge in [0.1, 0.15) is 23.2 Å². The van der Waals surface area contributed by atoms with E-state index in [0.29, 0.717) is 11.4 Å². The standard InChI is InChI=1S/C23H25N5O2/c1-30-17-8-5-15(6-9-17)28-14-20(29)21(22(28)24)23-25-18-10-7-16(13-19(18)26-23)27-11-3-2-4-12-27/h5-10,13,24,29H,2-4,11-12,14H2,1H3,(H,25,26). The molecule has 7 nitrogen and oxygen atoms in total. The third-order valence-electron chi connectivity index (χ3n) is 5.91. The van der Waals surface area contributed by atoms with Gasteiger partial charge in [-0.15, -0.1) is 0 Å². The molecule has 0 atom stereocenters. The SMILES string of the molecule is COc1ccc(N2CC(O)=C(c3nc4ccc(N5CCCCC5)cc4[nH]3)C2=N)cc1. The number of piperidine rings is 1. The van der Waals surface area contributed by atoms with Crippen LogP contribution in [0, 0.1) is 5.41 Å².